The molecule has 0 spiro atoms. The molecule has 0 saturated heterocycles. The van der Waals surface area contributed by atoms with Gasteiger partial charge in [-0.2, -0.15) is 0 Å². The van der Waals surface area contributed by atoms with E-state index < -0.39 is 11.2 Å². The smallest absolute Gasteiger partial charge is 0.309 e. The van der Waals surface area contributed by atoms with Crippen molar-refractivity contribution in [2.45, 2.75) is 45.3 Å². The van der Waals surface area contributed by atoms with Gasteiger partial charge in [-0.1, -0.05) is 35.8 Å². The number of likely N-dealkylation sites (N-methyl/N-ethyl adjacent to an activating group) is 1. The Hall–Kier alpha value is -1.10. The summed E-state index contributed by atoms with van der Waals surface area (Å²) >= 11 is 0. The van der Waals surface area contributed by atoms with Gasteiger partial charge < -0.3 is 14.7 Å². The van der Waals surface area contributed by atoms with Crippen LogP contribution in [0.25, 0.3) is 5.57 Å². The summed E-state index contributed by atoms with van der Waals surface area (Å²) in [6.45, 7) is 9.55. The molecule has 0 aromatic heterocycles. The molecule has 4 heteroatoms. The van der Waals surface area contributed by atoms with Crippen LogP contribution in [0.2, 0.25) is 0 Å². The molecule has 1 aromatic carbocycles. The van der Waals surface area contributed by atoms with Gasteiger partial charge in [-0.3, -0.25) is 0 Å². The van der Waals surface area contributed by atoms with Crippen LogP contribution in [-0.2, 0) is 4.65 Å². The van der Waals surface area contributed by atoms with E-state index in [0.29, 0.717) is 7.48 Å². The molecular formula is C18H28BNO2. The maximum Gasteiger partial charge on any atom is 0.309 e. The molecule has 1 heterocycles. The number of aliphatic hydroxyl groups is 1. The Labute approximate surface area is 135 Å². The Bertz CT molecular complexity index is 529. The third-order valence-electron chi connectivity index (χ3n) is 4.81. The summed E-state index contributed by atoms with van der Waals surface area (Å²) in [5, 5.41) is 10.1. The van der Waals surface area contributed by atoms with Crippen molar-refractivity contribution in [2.75, 3.05) is 20.1 Å². The highest BCUT2D eigenvalue weighted by molar-refractivity contribution is 6.47. The number of nitrogens with zero attached hydrogens (tertiary/aromatic N) is 1. The summed E-state index contributed by atoms with van der Waals surface area (Å²) in [4.78, 5) is 2.32. The highest BCUT2D eigenvalue weighted by Gasteiger charge is 2.35. The van der Waals surface area contributed by atoms with E-state index in [1.165, 1.54) is 11.1 Å². The van der Waals surface area contributed by atoms with Gasteiger partial charge in [-0.05, 0) is 52.3 Å². The van der Waals surface area contributed by atoms with Crippen molar-refractivity contribution >= 4 is 18.5 Å². The molecule has 2 rings (SSSR count). The summed E-state index contributed by atoms with van der Waals surface area (Å²) in [6, 6.07) is 8.59. The average molecular weight is 301 g/mol. The van der Waals surface area contributed by atoms with Gasteiger partial charge in [-0.15, -0.1) is 0 Å². The Kier molecular flexibility index (Phi) is 5.16. The molecule has 0 radical (unpaired) electrons. The minimum absolute atomic E-state index is 0.513. The Morgan fingerprint density at radius 3 is 2.27 bits per heavy atom. The molecule has 1 N–H and O–H groups in total. The van der Waals surface area contributed by atoms with Gasteiger partial charge in [0.25, 0.3) is 0 Å². The van der Waals surface area contributed by atoms with Crippen molar-refractivity contribution < 1.29 is 9.76 Å². The Morgan fingerprint density at radius 1 is 1.14 bits per heavy atom. The zero-order valence-electron chi connectivity index (χ0n) is 14.5. The van der Waals surface area contributed by atoms with Crippen molar-refractivity contribution in [1.82, 2.24) is 4.90 Å². The minimum Gasteiger partial charge on any atom is -0.427 e. The predicted molar refractivity (Wildman–Crippen MR) is 94.8 cm³/mol. The van der Waals surface area contributed by atoms with E-state index in [1.807, 2.05) is 13.8 Å². The predicted octanol–water partition coefficient (Wildman–Crippen LogP) is 1.95. The van der Waals surface area contributed by atoms with Crippen LogP contribution in [0, 0.1) is 0 Å². The summed E-state index contributed by atoms with van der Waals surface area (Å²) < 4.78 is 5.91. The van der Waals surface area contributed by atoms with Crippen molar-refractivity contribution in [3.05, 3.63) is 35.9 Å². The van der Waals surface area contributed by atoms with Gasteiger partial charge in [0.1, 0.15) is 0 Å². The summed E-state index contributed by atoms with van der Waals surface area (Å²) in [6.07, 6.45) is 3.42. The zero-order valence-corrected chi connectivity index (χ0v) is 14.5. The van der Waals surface area contributed by atoms with Gasteiger partial charge in [-0.25, -0.2) is 0 Å². The quantitative estimate of drug-likeness (QED) is 0.844. The van der Waals surface area contributed by atoms with E-state index >= 15 is 0 Å². The highest BCUT2D eigenvalue weighted by atomic mass is 16.5. The van der Waals surface area contributed by atoms with E-state index in [2.05, 4.69) is 42.3 Å². The normalized spacial score (nSPS) is 17.3. The fourth-order valence-electron chi connectivity index (χ4n) is 2.29. The second-order valence-corrected chi connectivity index (χ2v) is 7.30. The number of benzene rings is 1. The second kappa shape index (κ2) is 6.57. The van der Waals surface area contributed by atoms with Crippen molar-refractivity contribution in [2.24, 2.45) is 0 Å². The van der Waals surface area contributed by atoms with Crippen LogP contribution in [0.15, 0.2) is 30.3 Å². The van der Waals surface area contributed by atoms with Crippen molar-refractivity contribution in [1.29, 1.82) is 0 Å². The molecule has 0 bridgehead atoms. The molecule has 0 unspecified atom stereocenters. The van der Waals surface area contributed by atoms with Gasteiger partial charge in [0.05, 0.1) is 11.2 Å². The van der Waals surface area contributed by atoms with E-state index in [9.17, 15) is 5.11 Å². The molecule has 0 aliphatic carbocycles. The first kappa shape index (κ1) is 17.3. The van der Waals surface area contributed by atoms with E-state index in [1.54, 1.807) is 13.8 Å². The summed E-state index contributed by atoms with van der Waals surface area (Å²) in [5.41, 5.74) is 2.42. The number of hydrogen-bond acceptors (Lipinski definition) is 3. The topological polar surface area (TPSA) is 32.7 Å². The lowest BCUT2D eigenvalue weighted by molar-refractivity contribution is -0.0893. The average Bonchev–Trinajstić information content (AvgIpc) is 2.45. The van der Waals surface area contributed by atoms with E-state index in [-0.39, 0.29) is 0 Å². The minimum atomic E-state index is -0.869. The first-order valence-corrected chi connectivity index (χ1v) is 8.02. The molecule has 0 amide bonds. The molecule has 0 saturated carbocycles. The van der Waals surface area contributed by atoms with E-state index in [4.69, 9.17) is 4.65 Å². The monoisotopic (exact) mass is 301 g/mol. The van der Waals surface area contributed by atoms with Gasteiger partial charge in [0.2, 0.25) is 0 Å². The third kappa shape index (κ3) is 4.22. The first-order valence-electron chi connectivity index (χ1n) is 8.02. The Morgan fingerprint density at radius 2 is 1.77 bits per heavy atom. The maximum atomic E-state index is 10.1. The zero-order chi connectivity index (χ0) is 16.4. The van der Waals surface area contributed by atoms with Crippen LogP contribution in [-0.4, -0.2) is 48.8 Å². The van der Waals surface area contributed by atoms with Crippen LogP contribution < -0.4 is 5.46 Å². The molecular weight excluding hydrogens is 273 g/mol. The molecule has 1 aliphatic rings. The molecule has 3 nitrogen and oxygen atoms in total. The van der Waals surface area contributed by atoms with Crippen LogP contribution in [0.1, 0.15) is 39.7 Å². The van der Waals surface area contributed by atoms with Gasteiger partial charge >= 0.3 is 7.48 Å². The van der Waals surface area contributed by atoms with Gasteiger partial charge in [0, 0.05) is 13.1 Å². The van der Waals surface area contributed by atoms with Crippen LogP contribution in [0.5, 0.6) is 0 Å². The molecule has 1 aromatic rings. The van der Waals surface area contributed by atoms with E-state index in [0.717, 1.165) is 25.0 Å². The molecule has 0 atom stereocenters. The fraction of sp³-hybridized carbons (Fsp3) is 0.556. The Balaban J connectivity index is 1.98. The summed E-state index contributed by atoms with van der Waals surface area (Å²) in [5.74, 6) is 0. The first-order chi connectivity index (χ1) is 10.2. The lowest BCUT2D eigenvalue weighted by Crippen LogP contribution is -2.49. The largest absolute Gasteiger partial charge is 0.427 e. The fourth-order valence-corrected chi connectivity index (χ4v) is 2.29. The van der Waals surface area contributed by atoms with Crippen molar-refractivity contribution in [3.8, 4) is 0 Å². The summed E-state index contributed by atoms with van der Waals surface area (Å²) in [7, 11) is 2.66. The molecule has 1 aliphatic heterocycles. The second-order valence-electron chi connectivity index (χ2n) is 7.30. The van der Waals surface area contributed by atoms with Crippen molar-refractivity contribution in [3.63, 3.8) is 0 Å². The highest BCUT2D eigenvalue weighted by Crippen LogP contribution is 2.24. The molecule has 0 fully saturated rings. The van der Waals surface area contributed by atoms with Crippen LogP contribution in [0.4, 0.5) is 0 Å². The molecule has 120 valence electrons. The van der Waals surface area contributed by atoms with Crippen LogP contribution in [0.3, 0.4) is 0 Å². The number of hydrogen-bond donors (Lipinski definition) is 1. The van der Waals surface area contributed by atoms with Gasteiger partial charge in [0.15, 0.2) is 0 Å². The standard InChI is InChI=1S/C18H28BNO2/c1-17(2,21)18(3,4)22-19-16-8-6-14(7-9-16)15-10-12-20(5)13-11-15/h6-10,19,21H,11-13H2,1-5H3. The SMILES string of the molecule is CN1CC=C(c2ccc(BOC(C)(C)C(C)(C)O)cc2)CC1. The number of rotatable bonds is 5. The third-order valence-corrected chi connectivity index (χ3v) is 4.81. The lowest BCUT2D eigenvalue weighted by atomic mass is 9.82. The molecule has 22 heavy (non-hydrogen) atoms. The lowest BCUT2D eigenvalue weighted by Gasteiger charge is -2.37. The van der Waals surface area contributed by atoms with Crippen LogP contribution >= 0.6 is 0 Å². The maximum absolute atomic E-state index is 10.1.